The van der Waals surface area contributed by atoms with Crippen LogP contribution in [0.3, 0.4) is 0 Å². The van der Waals surface area contributed by atoms with E-state index in [1.807, 2.05) is 42.1 Å². The van der Waals surface area contributed by atoms with E-state index in [0.29, 0.717) is 11.7 Å². The first-order valence-electron chi connectivity index (χ1n) is 9.81. The number of benzene rings is 2. The fourth-order valence-electron chi connectivity index (χ4n) is 5.20. The molecule has 4 heteroatoms. The Morgan fingerprint density at radius 2 is 1.96 bits per heavy atom. The van der Waals surface area contributed by atoms with Crippen LogP contribution in [0.5, 0.6) is 5.75 Å². The van der Waals surface area contributed by atoms with Crippen molar-refractivity contribution in [1.82, 2.24) is 9.47 Å². The Bertz CT molecular complexity index is 1040. The highest BCUT2D eigenvalue weighted by Crippen LogP contribution is 2.43. The van der Waals surface area contributed by atoms with Crippen molar-refractivity contribution in [2.75, 3.05) is 6.54 Å². The summed E-state index contributed by atoms with van der Waals surface area (Å²) in [5, 5.41) is 11.3. The van der Waals surface area contributed by atoms with Crippen molar-refractivity contribution in [2.45, 2.75) is 37.6 Å². The van der Waals surface area contributed by atoms with Gasteiger partial charge in [-0.15, -0.1) is 0 Å². The molecule has 1 saturated heterocycles. The number of likely N-dealkylation sites (tertiary alicyclic amines) is 1. The Labute approximate surface area is 159 Å². The van der Waals surface area contributed by atoms with Crippen molar-refractivity contribution in [3.05, 3.63) is 65.4 Å². The van der Waals surface area contributed by atoms with Crippen molar-refractivity contribution >= 4 is 16.8 Å². The molecule has 1 aliphatic heterocycles. The third kappa shape index (κ3) is 2.47. The number of aromatic nitrogens is 1. The van der Waals surface area contributed by atoms with Crippen LogP contribution >= 0.6 is 0 Å². The van der Waals surface area contributed by atoms with Gasteiger partial charge in [-0.2, -0.15) is 0 Å². The van der Waals surface area contributed by atoms with E-state index in [-0.39, 0.29) is 11.9 Å². The first-order chi connectivity index (χ1) is 13.1. The second kappa shape index (κ2) is 6.15. The molecule has 2 aromatic carbocycles. The fraction of sp³-hybridized carbons (Fsp3) is 0.348. The highest BCUT2D eigenvalue weighted by Gasteiger charge is 2.39. The number of carbonyl (C=O) groups excluding carboxylic acids is 1. The SMILES string of the molecule is Cn1cc(C(=O)N2CCCC3c4cccc(O)c4CCC32)c2ccccc21. The number of aryl methyl sites for hydroxylation is 1. The van der Waals surface area contributed by atoms with Crippen LogP contribution in [0.2, 0.25) is 0 Å². The molecule has 0 spiro atoms. The maximum absolute atomic E-state index is 13.5. The fourth-order valence-corrected chi connectivity index (χ4v) is 5.20. The first kappa shape index (κ1) is 16.4. The van der Waals surface area contributed by atoms with Crippen molar-refractivity contribution in [3.63, 3.8) is 0 Å². The highest BCUT2D eigenvalue weighted by molar-refractivity contribution is 6.07. The summed E-state index contributed by atoms with van der Waals surface area (Å²) in [7, 11) is 2.00. The molecule has 2 unspecified atom stereocenters. The summed E-state index contributed by atoms with van der Waals surface area (Å²) in [4.78, 5) is 15.6. The summed E-state index contributed by atoms with van der Waals surface area (Å²) in [6.07, 6.45) is 5.82. The number of piperidine rings is 1. The second-order valence-electron chi connectivity index (χ2n) is 7.87. The summed E-state index contributed by atoms with van der Waals surface area (Å²) >= 11 is 0. The number of rotatable bonds is 1. The topological polar surface area (TPSA) is 45.5 Å². The van der Waals surface area contributed by atoms with Crippen LogP contribution in [0, 0.1) is 0 Å². The molecule has 0 radical (unpaired) electrons. The van der Waals surface area contributed by atoms with E-state index in [9.17, 15) is 9.90 Å². The largest absolute Gasteiger partial charge is 0.508 e. The lowest BCUT2D eigenvalue weighted by Crippen LogP contribution is -2.49. The van der Waals surface area contributed by atoms with Gasteiger partial charge in [-0.05, 0) is 48.9 Å². The number of hydrogen-bond acceptors (Lipinski definition) is 2. The average Bonchev–Trinajstić information content (AvgIpc) is 3.04. The number of hydrogen-bond donors (Lipinski definition) is 1. The van der Waals surface area contributed by atoms with E-state index >= 15 is 0 Å². The molecule has 0 bridgehead atoms. The van der Waals surface area contributed by atoms with Gasteiger partial charge >= 0.3 is 0 Å². The van der Waals surface area contributed by atoms with Gasteiger partial charge < -0.3 is 14.6 Å². The normalized spacial score (nSPS) is 21.7. The van der Waals surface area contributed by atoms with Crippen molar-refractivity contribution in [3.8, 4) is 5.75 Å². The van der Waals surface area contributed by atoms with Gasteiger partial charge in [0.25, 0.3) is 5.91 Å². The van der Waals surface area contributed by atoms with Crippen LogP contribution in [0.25, 0.3) is 10.9 Å². The van der Waals surface area contributed by atoms with Gasteiger partial charge in [0.05, 0.1) is 5.56 Å². The van der Waals surface area contributed by atoms with Crippen molar-refractivity contribution < 1.29 is 9.90 Å². The zero-order valence-corrected chi connectivity index (χ0v) is 15.6. The number of carbonyl (C=O) groups is 1. The maximum atomic E-state index is 13.5. The third-order valence-electron chi connectivity index (χ3n) is 6.44. The van der Waals surface area contributed by atoms with Gasteiger partial charge in [-0.3, -0.25) is 4.79 Å². The number of amides is 1. The zero-order valence-electron chi connectivity index (χ0n) is 15.6. The van der Waals surface area contributed by atoms with Crippen LogP contribution in [0.15, 0.2) is 48.7 Å². The number of phenolic OH excluding ortho intramolecular Hbond substituents is 1. The zero-order chi connectivity index (χ0) is 18.5. The Hall–Kier alpha value is -2.75. The molecule has 2 heterocycles. The van der Waals surface area contributed by atoms with Gasteiger partial charge in [0.1, 0.15) is 5.75 Å². The third-order valence-corrected chi connectivity index (χ3v) is 6.44. The van der Waals surface area contributed by atoms with E-state index in [4.69, 9.17) is 0 Å². The van der Waals surface area contributed by atoms with Crippen molar-refractivity contribution in [2.24, 2.45) is 7.05 Å². The highest BCUT2D eigenvalue weighted by atomic mass is 16.3. The lowest BCUT2D eigenvalue weighted by atomic mass is 9.74. The number of phenols is 1. The van der Waals surface area contributed by atoms with E-state index in [1.54, 1.807) is 6.07 Å². The van der Waals surface area contributed by atoms with Gasteiger partial charge in [0, 0.05) is 42.7 Å². The van der Waals surface area contributed by atoms with Gasteiger partial charge in [-0.1, -0.05) is 30.3 Å². The lowest BCUT2D eigenvalue weighted by Gasteiger charge is -2.45. The smallest absolute Gasteiger partial charge is 0.256 e. The molecule has 1 N–H and O–H groups in total. The average molecular weight is 360 g/mol. The number of fused-ring (bicyclic) bond motifs is 4. The molecule has 27 heavy (non-hydrogen) atoms. The van der Waals surface area contributed by atoms with Crippen LogP contribution in [-0.4, -0.2) is 33.1 Å². The predicted octanol–water partition coefficient (Wildman–Crippen LogP) is 4.22. The minimum absolute atomic E-state index is 0.144. The minimum Gasteiger partial charge on any atom is -0.508 e. The lowest BCUT2D eigenvalue weighted by molar-refractivity contribution is 0.0548. The van der Waals surface area contributed by atoms with Crippen LogP contribution < -0.4 is 0 Å². The van der Waals surface area contributed by atoms with Gasteiger partial charge in [-0.25, -0.2) is 0 Å². The Kier molecular flexibility index (Phi) is 3.74. The summed E-state index contributed by atoms with van der Waals surface area (Å²) < 4.78 is 2.04. The van der Waals surface area contributed by atoms with Crippen LogP contribution in [-0.2, 0) is 13.5 Å². The number of aromatic hydroxyl groups is 1. The number of nitrogens with zero attached hydrogens (tertiary/aromatic N) is 2. The molecule has 1 amide bonds. The van der Waals surface area contributed by atoms with E-state index in [1.165, 1.54) is 5.56 Å². The molecule has 1 aromatic heterocycles. The van der Waals surface area contributed by atoms with Crippen molar-refractivity contribution in [1.29, 1.82) is 0 Å². The molecule has 1 aliphatic carbocycles. The molecule has 138 valence electrons. The van der Waals surface area contributed by atoms with Crippen LogP contribution in [0.1, 0.15) is 46.7 Å². The summed E-state index contributed by atoms with van der Waals surface area (Å²) in [5.74, 6) is 0.877. The van der Waals surface area contributed by atoms with E-state index in [2.05, 4.69) is 17.0 Å². The van der Waals surface area contributed by atoms with Crippen LogP contribution in [0.4, 0.5) is 0 Å². The molecule has 5 rings (SSSR count). The Morgan fingerprint density at radius 1 is 1.11 bits per heavy atom. The van der Waals surface area contributed by atoms with Gasteiger partial charge in [0.15, 0.2) is 0 Å². The molecule has 2 aliphatic rings. The van der Waals surface area contributed by atoms with Gasteiger partial charge in [0.2, 0.25) is 0 Å². The summed E-state index contributed by atoms with van der Waals surface area (Å²) in [5.41, 5.74) is 4.21. The first-order valence-corrected chi connectivity index (χ1v) is 9.81. The predicted molar refractivity (Wildman–Crippen MR) is 106 cm³/mol. The monoisotopic (exact) mass is 360 g/mol. The second-order valence-corrected chi connectivity index (χ2v) is 7.87. The molecule has 4 nitrogen and oxygen atoms in total. The Morgan fingerprint density at radius 3 is 2.85 bits per heavy atom. The maximum Gasteiger partial charge on any atom is 0.256 e. The summed E-state index contributed by atoms with van der Waals surface area (Å²) in [6, 6.07) is 14.2. The molecule has 2 atom stereocenters. The molecule has 0 saturated carbocycles. The summed E-state index contributed by atoms with van der Waals surface area (Å²) in [6.45, 7) is 0.817. The standard InChI is InChI=1S/C23H24N2O2/c1-24-14-19(17-6-2-3-9-20(17)24)23(27)25-13-5-8-16-15-7-4-10-22(26)18(15)11-12-21(16)25/h2-4,6-7,9-10,14,16,21,26H,5,8,11-13H2,1H3. The van der Waals surface area contributed by atoms with E-state index < -0.39 is 0 Å². The molecule has 1 fully saturated rings. The minimum atomic E-state index is 0.144. The molecular weight excluding hydrogens is 336 g/mol. The molecule has 3 aromatic rings. The van der Waals surface area contributed by atoms with E-state index in [0.717, 1.165) is 54.3 Å². The number of para-hydroxylation sites is 1. The molecular formula is C23H24N2O2. The quantitative estimate of drug-likeness (QED) is 0.706. The Balaban J connectivity index is 1.53.